The predicted octanol–water partition coefficient (Wildman–Crippen LogP) is 0.614. The molecule has 18 heavy (non-hydrogen) atoms. The summed E-state index contributed by atoms with van der Waals surface area (Å²) >= 11 is 0. The summed E-state index contributed by atoms with van der Waals surface area (Å²) in [4.78, 5) is 32.5. The molecule has 0 fully saturated rings. The minimum atomic E-state index is -1.23. The van der Waals surface area contributed by atoms with Crippen LogP contribution in [0.3, 0.4) is 0 Å². The largest absolute Gasteiger partial charge is 0.481 e. The van der Waals surface area contributed by atoms with Crippen molar-refractivity contribution in [2.24, 2.45) is 0 Å². The Morgan fingerprint density at radius 3 is 2.33 bits per heavy atom. The van der Waals surface area contributed by atoms with Crippen molar-refractivity contribution in [1.29, 1.82) is 0 Å². The van der Waals surface area contributed by atoms with Gasteiger partial charge in [0.05, 0.1) is 0 Å². The van der Waals surface area contributed by atoms with Crippen LogP contribution < -0.4 is 5.32 Å². The van der Waals surface area contributed by atoms with Crippen molar-refractivity contribution >= 4 is 17.8 Å². The lowest BCUT2D eigenvalue weighted by Crippen LogP contribution is -2.41. The number of carboxylic acids is 2. The van der Waals surface area contributed by atoms with E-state index in [-0.39, 0.29) is 19.3 Å². The third-order valence-electron chi connectivity index (χ3n) is 2.26. The Balaban J connectivity index is 4.00. The van der Waals surface area contributed by atoms with E-state index in [0.717, 1.165) is 0 Å². The fraction of sp³-hybridized carbons (Fsp3) is 0.583. The number of nitrogens with one attached hydrogen (secondary N) is 1. The molecule has 0 aliphatic rings. The number of unbranched alkanes of at least 4 members (excludes halogenated alkanes) is 2. The van der Waals surface area contributed by atoms with Crippen LogP contribution in [0.2, 0.25) is 0 Å². The van der Waals surface area contributed by atoms with Crippen LogP contribution in [0.4, 0.5) is 0 Å². The highest BCUT2D eigenvalue weighted by atomic mass is 16.4. The number of carboxylic acid groups (broad SMARTS) is 2. The lowest BCUT2D eigenvalue weighted by atomic mass is 10.1. The first-order valence-corrected chi connectivity index (χ1v) is 5.64. The SMILES string of the molecule is C#CCCCCC(=O)N[C@@H](CCC(=O)O)C(=O)O. The summed E-state index contributed by atoms with van der Waals surface area (Å²) in [6.07, 6.45) is 6.69. The fourth-order valence-corrected chi connectivity index (χ4v) is 1.30. The summed E-state index contributed by atoms with van der Waals surface area (Å²) in [7, 11) is 0. The Morgan fingerprint density at radius 2 is 1.83 bits per heavy atom. The number of carbonyl (C=O) groups excluding carboxylic acids is 1. The smallest absolute Gasteiger partial charge is 0.326 e. The van der Waals surface area contributed by atoms with Gasteiger partial charge in [0.15, 0.2) is 0 Å². The standard InChI is InChI=1S/C12H17NO5/c1-2-3-4-5-6-10(14)13-9(12(17)18)7-8-11(15)16/h1,9H,3-8H2,(H,13,14)(H,15,16)(H,17,18)/t9-/m0/s1. The number of rotatable bonds is 9. The molecule has 0 aromatic rings. The first-order valence-electron chi connectivity index (χ1n) is 5.64. The van der Waals surface area contributed by atoms with Gasteiger partial charge in [0.2, 0.25) is 5.91 Å². The van der Waals surface area contributed by atoms with Crippen molar-refractivity contribution in [3.63, 3.8) is 0 Å². The first kappa shape index (κ1) is 16.0. The number of terminal acetylenes is 1. The van der Waals surface area contributed by atoms with E-state index in [1.54, 1.807) is 0 Å². The Hall–Kier alpha value is -2.03. The third-order valence-corrected chi connectivity index (χ3v) is 2.26. The molecule has 0 spiro atoms. The van der Waals surface area contributed by atoms with E-state index in [9.17, 15) is 14.4 Å². The monoisotopic (exact) mass is 255 g/mol. The van der Waals surface area contributed by atoms with Crippen LogP contribution in [-0.4, -0.2) is 34.1 Å². The number of hydrogen-bond donors (Lipinski definition) is 3. The molecule has 0 aromatic carbocycles. The zero-order valence-electron chi connectivity index (χ0n) is 10.0. The molecule has 0 aliphatic heterocycles. The Labute approximate surface area is 105 Å². The van der Waals surface area contributed by atoms with Gasteiger partial charge in [-0.05, 0) is 19.3 Å². The molecule has 0 heterocycles. The maximum Gasteiger partial charge on any atom is 0.326 e. The molecule has 1 atom stereocenters. The van der Waals surface area contributed by atoms with Gasteiger partial charge in [-0.2, -0.15) is 0 Å². The lowest BCUT2D eigenvalue weighted by Gasteiger charge is -2.13. The Kier molecular flexibility index (Phi) is 8.03. The van der Waals surface area contributed by atoms with E-state index in [0.29, 0.717) is 19.3 Å². The van der Waals surface area contributed by atoms with Gasteiger partial charge in [-0.3, -0.25) is 9.59 Å². The second-order valence-corrected chi connectivity index (χ2v) is 3.80. The molecule has 0 unspecified atom stereocenters. The molecule has 6 heteroatoms. The van der Waals surface area contributed by atoms with E-state index in [1.807, 2.05) is 0 Å². The van der Waals surface area contributed by atoms with E-state index >= 15 is 0 Å². The Bertz CT molecular complexity index is 345. The van der Waals surface area contributed by atoms with Gasteiger partial charge in [-0.25, -0.2) is 4.79 Å². The highest BCUT2D eigenvalue weighted by Gasteiger charge is 2.20. The van der Waals surface area contributed by atoms with Gasteiger partial charge in [-0.1, -0.05) is 0 Å². The van der Waals surface area contributed by atoms with Crippen molar-refractivity contribution in [2.45, 2.75) is 44.6 Å². The molecule has 0 bridgehead atoms. The second-order valence-electron chi connectivity index (χ2n) is 3.80. The molecule has 0 saturated carbocycles. The van der Waals surface area contributed by atoms with Gasteiger partial charge in [0.25, 0.3) is 0 Å². The third kappa shape index (κ3) is 8.16. The quantitative estimate of drug-likeness (QED) is 0.414. The van der Waals surface area contributed by atoms with Gasteiger partial charge in [0.1, 0.15) is 6.04 Å². The Morgan fingerprint density at radius 1 is 1.17 bits per heavy atom. The van der Waals surface area contributed by atoms with Crippen LogP contribution in [-0.2, 0) is 14.4 Å². The number of carbonyl (C=O) groups is 3. The normalized spacial score (nSPS) is 11.3. The van der Waals surface area contributed by atoms with E-state index in [4.69, 9.17) is 16.6 Å². The van der Waals surface area contributed by atoms with Crippen LogP contribution in [0.15, 0.2) is 0 Å². The van der Waals surface area contributed by atoms with Crippen LogP contribution >= 0.6 is 0 Å². The summed E-state index contributed by atoms with van der Waals surface area (Å²) in [5.74, 6) is -0.278. The van der Waals surface area contributed by atoms with Crippen LogP contribution in [0.25, 0.3) is 0 Å². The minimum Gasteiger partial charge on any atom is -0.481 e. The first-order chi connectivity index (χ1) is 8.47. The summed E-state index contributed by atoms with van der Waals surface area (Å²) in [5, 5.41) is 19.6. The average molecular weight is 255 g/mol. The molecule has 6 nitrogen and oxygen atoms in total. The van der Waals surface area contributed by atoms with Gasteiger partial charge in [-0.15, -0.1) is 12.3 Å². The van der Waals surface area contributed by atoms with Gasteiger partial charge < -0.3 is 15.5 Å². The zero-order chi connectivity index (χ0) is 14.0. The summed E-state index contributed by atoms with van der Waals surface area (Å²) in [6, 6.07) is -1.15. The fourth-order valence-electron chi connectivity index (χ4n) is 1.30. The van der Waals surface area contributed by atoms with Gasteiger partial charge >= 0.3 is 11.9 Å². The topological polar surface area (TPSA) is 104 Å². The van der Waals surface area contributed by atoms with Crippen molar-refractivity contribution in [2.75, 3.05) is 0 Å². The number of amides is 1. The average Bonchev–Trinajstić information content (AvgIpc) is 2.29. The summed E-state index contributed by atoms with van der Waals surface area (Å²) in [6.45, 7) is 0. The number of aliphatic carboxylic acids is 2. The van der Waals surface area contributed by atoms with Crippen molar-refractivity contribution in [1.82, 2.24) is 5.32 Å². The van der Waals surface area contributed by atoms with E-state index in [1.165, 1.54) is 0 Å². The zero-order valence-corrected chi connectivity index (χ0v) is 10.0. The van der Waals surface area contributed by atoms with Crippen molar-refractivity contribution < 1.29 is 24.6 Å². The van der Waals surface area contributed by atoms with E-state index in [2.05, 4.69) is 11.2 Å². The lowest BCUT2D eigenvalue weighted by molar-refractivity contribution is -0.143. The molecule has 0 rings (SSSR count). The molecule has 100 valence electrons. The van der Waals surface area contributed by atoms with E-state index < -0.39 is 23.9 Å². The van der Waals surface area contributed by atoms with Crippen LogP contribution in [0.1, 0.15) is 38.5 Å². The van der Waals surface area contributed by atoms with Crippen LogP contribution in [0, 0.1) is 12.3 Å². The van der Waals surface area contributed by atoms with Crippen molar-refractivity contribution in [3.8, 4) is 12.3 Å². The molecule has 0 radical (unpaired) electrons. The predicted molar refractivity (Wildman–Crippen MR) is 63.7 cm³/mol. The highest BCUT2D eigenvalue weighted by Crippen LogP contribution is 2.02. The molecule has 1 amide bonds. The molecular weight excluding hydrogens is 238 g/mol. The minimum absolute atomic E-state index is 0.124. The number of hydrogen-bond acceptors (Lipinski definition) is 3. The molecule has 0 aliphatic carbocycles. The molecule has 0 aromatic heterocycles. The molecule has 3 N–H and O–H groups in total. The summed E-state index contributed by atoms with van der Waals surface area (Å²) in [5.41, 5.74) is 0. The van der Waals surface area contributed by atoms with Crippen molar-refractivity contribution in [3.05, 3.63) is 0 Å². The maximum absolute atomic E-state index is 11.4. The summed E-state index contributed by atoms with van der Waals surface area (Å²) < 4.78 is 0. The highest BCUT2D eigenvalue weighted by molar-refractivity contribution is 5.83. The van der Waals surface area contributed by atoms with Gasteiger partial charge in [0, 0.05) is 19.3 Å². The molecule has 0 saturated heterocycles. The maximum atomic E-state index is 11.4. The molecular formula is C12H17NO5. The second kappa shape index (κ2) is 9.05. The van der Waals surface area contributed by atoms with Crippen LogP contribution in [0.5, 0.6) is 0 Å².